The van der Waals surface area contributed by atoms with E-state index in [0.717, 1.165) is 18.5 Å². The van der Waals surface area contributed by atoms with Crippen LogP contribution in [-0.4, -0.2) is 30.6 Å². The Balaban J connectivity index is 2.33. The van der Waals surface area contributed by atoms with E-state index in [-0.39, 0.29) is 5.92 Å². The smallest absolute Gasteiger partial charge is 0.0937 e. The van der Waals surface area contributed by atoms with E-state index >= 15 is 0 Å². The zero-order valence-electron chi connectivity index (χ0n) is 13.9. The van der Waals surface area contributed by atoms with Gasteiger partial charge in [0.2, 0.25) is 0 Å². The first-order valence-corrected chi connectivity index (χ1v) is 8.03. The van der Waals surface area contributed by atoms with Crippen LogP contribution in [0.3, 0.4) is 0 Å². The molecule has 2 atom stereocenters. The van der Waals surface area contributed by atoms with Crippen molar-refractivity contribution in [1.82, 2.24) is 4.90 Å². The average Bonchev–Trinajstić information content (AvgIpc) is 2.55. The lowest BCUT2D eigenvalue weighted by Crippen LogP contribution is -2.41. The molecule has 2 aromatic rings. The molecule has 22 heavy (non-hydrogen) atoms. The highest BCUT2D eigenvalue weighted by Gasteiger charge is 2.36. The Kier molecular flexibility index (Phi) is 5.76. The molecule has 2 rings (SSSR count). The highest BCUT2D eigenvalue weighted by molar-refractivity contribution is 5.25. The lowest BCUT2D eigenvalue weighted by Gasteiger charge is -2.38. The van der Waals surface area contributed by atoms with Gasteiger partial charge >= 0.3 is 0 Å². The van der Waals surface area contributed by atoms with Crippen LogP contribution in [0.4, 0.5) is 0 Å². The molecule has 0 radical (unpaired) electrons. The van der Waals surface area contributed by atoms with Gasteiger partial charge in [0, 0.05) is 12.5 Å². The molecular formula is C20H27NO. The number of hydrogen-bond acceptors (Lipinski definition) is 2. The Morgan fingerprint density at radius 2 is 1.50 bits per heavy atom. The molecule has 2 aromatic carbocycles. The summed E-state index contributed by atoms with van der Waals surface area (Å²) >= 11 is 0. The van der Waals surface area contributed by atoms with Gasteiger partial charge in [-0.25, -0.2) is 0 Å². The van der Waals surface area contributed by atoms with Crippen molar-refractivity contribution in [2.24, 2.45) is 5.92 Å². The van der Waals surface area contributed by atoms with Gasteiger partial charge in [-0.3, -0.25) is 0 Å². The molecule has 1 N–H and O–H groups in total. The fourth-order valence-electron chi connectivity index (χ4n) is 3.18. The molecule has 0 saturated heterocycles. The van der Waals surface area contributed by atoms with Gasteiger partial charge in [0.05, 0.1) is 5.60 Å². The van der Waals surface area contributed by atoms with E-state index in [4.69, 9.17) is 0 Å². The second kappa shape index (κ2) is 7.57. The number of hydrogen-bond donors (Lipinski definition) is 1. The minimum atomic E-state index is -0.804. The first kappa shape index (κ1) is 16.7. The molecule has 0 aromatic heterocycles. The Bertz CT molecular complexity index is 552. The van der Waals surface area contributed by atoms with E-state index in [0.29, 0.717) is 6.42 Å². The third kappa shape index (κ3) is 3.96. The molecule has 0 fully saturated rings. The van der Waals surface area contributed by atoms with Crippen molar-refractivity contribution in [1.29, 1.82) is 0 Å². The lowest BCUT2D eigenvalue weighted by atomic mass is 9.76. The van der Waals surface area contributed by atoms with E-state index in [2.05, 4.69) is 50.2 Å². The quantitative estimate of drug-likeness (QED) is 0.842. The van der Waals surface area contributed by atoms with Crippen LogP contribution in [0.25, 0.3) is 0 Å². The molecule has 2 nitrogen and oxygen atoms in total. The van der Waals surface area contributed by atoms with Crippen LogP contribution < -0.4 is 0 Å². The third-order valence-corrected chi connectivity index (χ3v) is 4.40. The number of aliphatic hydroxyl groups is 1. The minimum Gasteiger partial charge on any atom is -0.385 e. The summed E-state index contributed by atoms with van der Waals surface area (Å²) in [4.78, 5) is 2.16. The molecule has 2 heteroatoms. The van der Waals surface area contributed by atoms with Crippen molar-refractivity contribution >= 4 is 0 Å². The number of rotatable bonds is 7. The van der Waals surface area contributed by atoms with Gasteiger partial charge in [-0.1, -0.05) is 67.6 Å². The predicted octanol–water partition coefficient (Wildman–Crippen LogP) is 3.70. The van der Waals surface area contributed by atoms with E-state index in [1.54, 1.807) is 0 Å². The monoisotopic (exact) mass is 297 g/mol. The Morgan fingerprint density at radius 3 is 2.00 bits per heavy atom. The first-order chi connectivity index (χ1) is 10.6. The second-order valence-corrected chi connectivity index (χ2v) is 6.29. The summed E-state index contributed by atoms with van der Waals surface area (Å²) in [5.74, 6) is 0.150. The lowest BCUT2D eigenvalue weighted by molar-refractivity contribution is -0.0366. The fraction of sp³-hybridized carbons (Fsp3) is 0.400. The topological polar surface area (TPSA) is 23.5 Å². The minimum absolute atomic E-state index is 0.150. The molecule has 0 aliphatic heterocycles. The molecule has 0 spiro atoms. The van der Waals surface area contributed by atoms with Crippen LogP contribution in [0, 0.1) is 5.92 Å². The molecule has 0 aliphatic rings. The molecule has 118 valence electrons. The summed E-state index contributed by atoms with van der Waals surface area (Å²) in [5.41, 5.74) is 1.49. The molecule has 0 bridgehead atoms. The van der Waals surface area contributed by atoms with Crippen molar-refractivity contribution < 1.29 is 5.11 Å². The largest absolute Gasteiger partial charge is 0.385 e. The normalized spacial score (nSPS) is 15.5. The maximum Gasteiger partial charge on any atom is 0.0937 e. The summed E-state index contributed by atoms with van der Waals surface area (Å²) in [5, 5.41) is 11.4. The van der Waals surface area contributed by atoms with Crippen LogP contribution >= 0.6 is 0 Å². The zero-order valence-corrected chi connectivity index (χ0v) is 13.9. The van der Waals surface area contributed by atoms with Crippen molar-refractivity contribution in [2.45, 2.75) is 25.4 Å². The van der Waals surface area contributed by atoms with Crippen LogP contribution in [0.1, 0.15) is 24.5 Å². The summed E-state index contributed by atoms with van der Waals surface area (Å²) in [6, 6.07) is 20.5. The highest BCUT2D eigenvalue weighted by Crippen LogP contribution is 2.35. The third-order valence-electron chi connectivity index (χ3n) is 4.40. The van der Waals surface area contributed by atoms with E-state index in [1.807, 2.05) is 36.4 Å². The van der Waals surface area contributed by atoms with Gasteiger partial charge in [0.1, 0.15) is 0 Å². The molecule has 0 unspecified atom stereocenters. The highest BCUT2D eigenvalue weighted by atomic mass is 16.3. The molecular weight excluding hydrogens is 270 g/mol. The predicted molar refractivity (Wildman–Crippen MR) is 92.8 cm³/mol. The van der Waals surface area contributed by atoms with Gasteiger partial charge in [0.25, 0.3) is 0 Å². The van der Waals surface area contributed by atoms with E-state index < -0.39 is 5.60 Å². The van der Waals surface area contributed by atoms with Crippen LogP contribution in [0.2, 0.25) is 0 Å². The zero-order chi connectivity index (χ0) is 16.0. The second-order valence-electron chi connectivity index (χ2n) is 6.29. The Hall–Kier alpha value is -1.64. The van der Waals surface area contributed by atoms with E-state index in [1.165, 1.54) is 5.56 Å². The van der Waals surface area contributed by atoms with Gasteiger partial charge in [-0.05, 0) is 38.1 Å². The van der Waals surface area contributed by atoms with Crippen LogP contribution in [0.15, 0.2) is 60.7 Å². The van der Waals surface area contributed by atoms with Crippen molar-refractivity contribution in [3.05, 3.63) is 71.8 Å². The van der Waals surface area contributed by atoms with Gasteiger partial charge in [-0.2, -0.15) is 0 Å². The summed E-state index contributed by atoms with van der Waals surface area (Å²) in [6.45, 7) is 2.93. The van der Waals surface area contributed by atoms with Crippen molar-refractivity contribution in [2.75, 3.05) is 20.6 Å². The summed E-state index contributed by atoms with van der Waals surface area (Å²) in [7, 11) is 4.14. The van der Waals surface area contributed by atoms with Crippen LogP contribution in [-0.2, 0) is 12.0 Å². The van der Waals surface area contributed by atoms with Gasteiger partial charge in [-0.15, -0.1) is 0 Å². The summed E-state index contributed by atoms with van der Waals surface area (Å²) < 4.78 is 0. The SMILES string of the molecule is CC[C@](O)(c1ccccc1)[C@H](Cc1ccccc1)CN(C)C. The van der Waals surface area contributed by atoms with E-state index in [9.17, 15) is 5.11 Å². The van der Waals surface area contributed by atoms with Gasteiger partial charge in [0.15, 0.2) is 0 Å². The molecule has 0 saturated carbocycles. The summed E-state index contributed by atoms with van der Waals surface area (Å²) in [6.07, 6.45) is 1.58. The first-order valence-electron chi connectivity index (χ1n) is 8.03. The average molecular weight is 297 g/mol. The molecule has 0 aliphatic carbocycles. The van der Waals surface area contributed by atoms with Crippen molar-refractivity contribution in [3.63, 3.8) is 0 Å². The number of nitrogens with zero attached hydrogens (tertiary/aromatic N) is 1. The Morgan fingerprint density at radius 1 is 0.955 bits per heavy atom. The van der Waals surface area contributed by atoms with Gasteiger partial charge < -0.3 is 10.0 Å². The fourth-order valence-corrected chi connectivity index (χ4v) is 3.18. The van der Waals surface area contributed by atoms with Crippen molar-refractivity contribution in [3.8, 4) is 0 Å². The maximum absolute atomic E-state index is 11.4. The molecule has 0 amide bonds. The number of benzene rings is 2. The molecule has 0 heterocycles. The van der Waals surface area contributed by atoms with Crippen LogP contribution in [0.5, 0.6) is 0 Å². The Labute approximate surface area is 134 Å². The maximum atomic E-state index is 11.4. The standard InChI is InChI=1S/C20H27NO/c1-4-20(22,18-13-9-6-10-14-18)19(16-21(2)3)15-17-11-7-5-8-12-17/h5-14,19,22H,4,15-16H2,1-3H3/t19-,20+/m1/s1.